The summed E-state index contributed by atoms with van der Waals surface area (Å²) in [5.74, 6) is -1.43. The highest BCUT2D eigenvalue weighted by atomic mass is 32.2. The van der Waals surface area contributed by atoms with Gasteiger partial charge < -0.3 is 19.5 Å². The zero-order valence-electron chi connectivity index (χ0n) is 22.3. The molecule has 0 bridgehead atoms. The highest BCUT2D eigenvalue weighted by molar-refractivity contribution is 7.90. The molecule has 1 aliphatic carbocycles. The number of thiazole rings is 1. The summed E-state index contributed by atoms with van der Waals surface area (Å²) in [6, 6.07) is 10.6. The molecule has 0 spiro atoms. The number of carbonyl (C=O) groups is 3. The van der Waals surface area contributed by atoms with Crippen LogP contribution in [0.5, 0.6) is 10.8 Å². The quantitative estimate of drug-likeness (QED) is 0.317. The highest BCUT2D eigenvalue weighted by Crippen LogP contribution is 2.36. The van der Waals surface area contributed by atoms with Crippen LogP contribution >= 0.6 is 11.3 Å². The SMILES string of the molecule is COC(=O)c1cc(Oc2cnc(NC(=O)[C@H](CC3CCCC3)c3ccc(S(C)(=O)=O)cc3)s2)cc(C(=O)OC)c1. The van der Waals surface area contributed by atoms with Crippen LogP contribution in [0.1, 0.15) is 64.3 Å². The molecule has 12 heteroatoms. The molecule has 212 valence electrons. The maximum absolute atomic E-state index is 13.4. The van der Waals surface area contributed by atoms with Crippen LogP contribution in [0.25, 0.3) is 0 Å². The third-order valence-electron chi connectivity index (χ3n) is 6.75. The smallest absolute Gasteiger partial charge is 0.338 e. The molecule has 1 amide bonds. The van der Waals surface area contributed by atoms with Crippen LogP contribution in [-0.2, 0) is 24.1 Å². The average Bonchev–Trinajstić information content (AvgIpc) is 3.62. The van der Waals surface area contributed by atoms with Crippen LogP contribution in [0.15, 0.2) is 53.6 Å². The van der Waals surface area contributed by atoms with Gasteiger partial charge in [-0.15, -0.1) is 0 Å². The van der Waals surface area contributed by atoms with Crippen LogP contribution in [0, 0.1) is 5.92 Å². The second kappa shape index (κ2) is 12.6. The Balaban J connectivity index is 1.52. The predicted molar refractivity (Wildman–Crippen MR) is 149 cm³/mol. The molecule has 1 aromatic heterocycles. The van der Waals surface area contributed by atoms with E-state index in [-0.39, 0.29) is 27.7 Å². The molecule has 4 rings (SSSR count). The summed E-state index contributed by atoms with van der Waals surface area (Å²) in [5, 5.41) is 3.49. The molecule has 2 aromatic carbocycles. The van der Waals surface area contributed by atoms with Gasteiger partial charge in [0.05, 0.1) is 42.4 Å². The van der Waals surface area contributed by atoms with E-state index in [4.69, 9.17) is 14.2 Å². The Hall–Kier alpha value is -3.77. The maximum atomic E-state index is 13.4. The highest BCUT2D eigenvalue weighted by Gasteiger charge is 2.28. The van der Waals surface area contributed by atoms with Crippen LogP contribution in [-0.4, -0.2) is 51.7 Å². The summed E-state index contributed by atoms with van der Waals surface area (Å²) in [7, 11) is -0.896. The lowest BCUT2D eigenvalue weighted by Gasteiger charge is -2.20. The molecular formula is C28H30N2O8S2. The lowest BCUT2D eigenvalue weighted by atomic mass is 9.87. The molecule has 0 saturated heterocycles. The standard InChI is InChI=1S/C28H30N2O8S2/c1-36-26(32)19-13-20(27(33)37-2)15-21(14-19)38-24-16-29-28(39-24)30-25(31)23(12-17-6-4-5-7-17)18-8-10-22(11-9-18)40(3,34)35/h8-11,13-17,23H,4-7,12H2,1-3H3,(H,29,30,31)/t23-/m1/s1. The normalized spacial score (nSPS) is 14.4. The number of benzene rings is 2. The van der Waals surface area contributed by atoms with E-state index in [9.17, 15) is 22.8 Å². The largest absolute Gasteiger partial charge is 0.465 e. The minimum atomic E-state index is -3.35. The van der Waals surface area contributed by atoms with Gasteiger partial charge in [0.2, 0.25) is 11.0 Å². The number of anilines is 1. The molecule has 40 heavy (non-hydrogen) atoms. The zero-order chi connectivity index (χ0) is 28.9. The number of ether oxygens (including phenoxy) is 3. The number of methoxy groups -OCH3 is 2. The molecule has 1 aliphatic rings. The number of amides is 1. The van der Waals surface area contributed by atoms with Crippen LogP contribution in [0.4, 0.5) is 5.13 Å². The predicted octanol–water partition coefficient (Wildman–Crippen LogP) is 5.21. The lowest BCUT2D eigenvalue weighted by Crippen LogP contribution is -2.23. The fourth-order valence-corrected chi connectivity index (χ4v) is 6.04. The first-order chi connectivity index (χ1) is 19.1. The molecule has 0 aliphatic heterocycles. The molecule has 0 unspecified atom stereocenters. The van der Waals surface area contributed by atoms with E-state index in [1.165, 1.54) is 50.7 Å². The van der Waals surface area contributed by atoms with Gasteiger partial charge in [-0.3, -0.25) is 4.79 Å². The van der Waals surface area contributed by atoms with Gasteiger partial charge in [0.15, 0.2) is 15.0 Å². The topological polar surface area (TPSA) is 138 Å². The second-order valence-electron chi connectivity index (χ2n) is 9.58. The summed E-state index contributed by atoms with van der Waals surface area (Å²) < 4.78 is 39.1. The van der Waals surface area contributed by atoms with Gasteiger partial charge >= 0.3 is 11.9 Å². The van der Waals surface area contributed by atoms with Gasteiger partial charge in [0, 0.05) is 6.26 Å². The number of hydrogen-bond donors (Lipinski definition) is 1. The Kier molecular flexibility index (Phi) is 9.21. The van der Waals surface area contributed by atoms with Gasteiger partial charge in [-0.25, -0.2) is 23.0 Å². The van der Waals surface area contributed by atoms with Gasteiger partial charge in [-0.2, -0.15) is 0 Å². The van der Waals surface area contributed by atoms with Crippen molar-refractivity contribution in [3.8, 4) is 10.8 Å². The Bertz CT molecular complexity index is 1460. The van der Waals surface area contributed by atoms with E-state index in [1.54, 1.807) is 12.1 Å². The monoisotopic (exact) mass is 586 g/mol. The van der Waals surface area contributed by atoms with Gasteiger partial charge in [-0.05, 0) is 48.2 Å². The van der Waals surface area contributed by atoms with E-state index in [0.29, 0.717) is 22.5 Å². The fourth-order valence-electron chi connectivity index (χ4n) is 4.72. The van der Waals surface area contributed by atoms with Crippen LogP contribution in [0.2, 0.25) is 0 Å². The lowest BCUT2D eigenvalue weighted by molar-refractivity contribution is -0.118. The summed E-state index contributed by atoms with van der Waals surface area (Å²) >= 11 is 1.08. The molecule has 1 heterocycles. The van der Waals surface area contributed by atoms with Crippen molar-refractivity contribution >= 4 is 44.2 Å². The third kappa shape index (κ3) is 7.24. The first kappa shape index (κ1) is 29.2. The van der Waals surface area contributed by atoms with Gasteiger partial charge in [-0.1, -0.05) is 49.2 Å². The number of carbonyl (C=O) groups excluding carboxylic acids is 3. The number of sulfone groups is 1. The summed E-state index contributed by atoms with van der Waals surface area (Å²) in [6.45, 7) is 0. The summed E-state index contributed by atoms with van der Waals surface area (Å²) in [5.41, 5.74) is 0.949. The molecule has 0 radical (unpaired) electrons. The van der Waals surface area contributed by atoms with Crippen molar-refractivity contribution < 1.29 is 37.0 Å². The zero-order valence-corrected chi connectivity index (χ0v) is 24.0. The molecule has 1 N–H and O–H groups in total. The second-order valence-corrected chi connectivity index (χ2v) is 12.6. The number of hydrogen-bond acceptors (Lipinski definition) is 10. The van der Waals surface area contributed by atoms with Crippen molar-refractivity contribution in [2.24, 2.45) is 5.92 Å². The Morgan fingerprint density at radius 1 is 1.00 bits per heavy atom. The number of nitrogens with one attached hydrogen (secondary N) is 1. The number of esters is 2. The van der Waals surface area contributed by atoms with Gasteiger partial charge in [0.25, 0.3) is 0 Å². The maximum Gasteiger partial charge on any atom is 0.338 e. The average molecular weight is 587 g/mol. The van der Waals surface area contributed by atoms with E-state index >= 15 is 0 Å². The molecule has 1 saturated carbocycles. The van der Waals surface area contributed by atoms with Crippen molar-refractivity contribution in [2.45, 2.75) is 42.9 Å². The first-order valence-corrected chi connectivity index (χ1v) is 15.3. The number of rotatable bonds is 10. The van der Waals surface area contributed by atoms with Crippen molar-refractivity contribution in [2.75, 3.05) is 25.8 Å². The number of nitrogens with zero attached hydrogens (tertiary/aromatic N) is 1. The van der Waals surface area contributed by atoms with Crippen molar-refractivity contribution in [1.29, 1.82) is 0 Å². The molecule has 1 atom stereocenters. The molecule has 10 nitrogen and oxygen atoms in total. The Morgan fingerprint density at radius 2 is 1.60 bits per heavy atom. The molecule has 3 aromatic rings. The van der Waals surface area contributed by atoms with E-state index in [0.717, 1.165) is 48.8 Å². The molecule has 1 fully saturated rings. The van der Waals surface area contributed by atoms with Gasteiger partial charge in [0.1, 0.15) is 5.75 Å². The van der Waals surface area contributed by atoms with Crippen LogP contribution < -0.4 is 10.1 Å². The first-order valence-electron chi connectivity index (χ1n) is 12.6. The van der Waals surface area contributed by atoms with Crippen molar-refractivity contribution in [3.63, 3.8) is 0 Å². The number of aromatic nitrogens is 1. The van der Waals surface area contributed by atoms with E-state index in [2.05, 4.69) is 10.3 Å². The summed E-state index contributed by atoms with van der Waals surface area (Å²) in [6.07, 6.45) is 7.60. The van der Waals surface area contributed by atoms with E-state index in [1.807, 2.05) is 0 Å². The fraction of sp³-hybridized carbons (Fsp3) is 0.357. The Labute approximate surface area is 236 Å². The third-order valence-corrected chi connectivity index (χ3v) is 8.67. The van der Waals surface area contributed by atoms with Crippen molar-refractivity contribution in [1.82, 2.24) is 4.98 Å². The van der Waals surface area contributed by atoms with Crippen LogP contribution in [0.3, 0.4) is 0 Å². The van der Waals surface area contributed by atoms with E-state index < -0.39 is 27.7 Å². The summed E-state index contributed by atoms with van der Waals surface area (Å²) in [4.78, 5) is 42.0. The minimum absolute atomic E-state index is 0.107. The Morgan fingerprint density at radius 3 is 2.15 bits per heavy atom. The van der Waals surface area contributed by atoms with Crippen molar-refractivity contribution in [3.05, 3.63) is 65.4 Å². The minimum Gasteiger partial charge on any atom is -0.465 e. The molecular weight excluding hydrogens is 556 g/mol.